The molecule has 0 spiro atoms. The third kappa shape index (κ3) is 3.25. The zero-order valence-electron chi connectivity index (χ0n) is 15.1. The molecule has 0 aliphatic carbocycles. The van der Waals surface area contributed by atoms with Crippen LogP contribution in [-0.4, -0.2) is 40.2 Å². The zero-order valence-corrected chi connectivity index (χ0v) is 15.1. The maximum absolute atomic E-state index is 12.5. The molecule has 0 atom stereocenters. The summed E-state index contributed by atoms with van der Waals surface area (Å²) in [5, 5.41) is 5.03. The first kappa shape index (κ1) is 17.5. The van der Waals surface area contributed by atoms with E-state index in [0.29, 0.717) is 5.56 Å². The highest BCUT2D eigenvalue weighted by molar-refractivity contribution is 6.09. The van der Waals surface area contributed by atoms with Crippen LogP contribution in [0.5, 0.6) is 5.75 Å². The second-order valence-electron chi connectivity index (χ2n) is 6.07. The number of aromatic amines is 1. The molecule has 0 aliphatic rings. The number of Topliss-reactive ketones (excluding diaryl/α,β-unsaturated/α-hetero) is 1. The number of nitrogens with one attached hydrogen (secondary N) is 1. The SMILES string of the molecule is COc1cn(-c2ccccc2)nc1C(=O)OCC(=O)c1c[nH]c2ccccc12. The van der Waals surface area contributed by atoms with Gasteiger partial charge in [-0.25, -0.2) is 9.48 Å². The molecular weight excluding hydrogens is 358 g/mol. The Kier molecular flexibility index (Phi) is 4.63. The number of ketones is 1. The lowest BCUT2D eigenvalue weighted by atomic mass is 10.1. The molecule has 0 radical (unpaired) electrons. The van der Waals surface area contributed by atoms with Gasteiger partial charge in [0, 0.05) is 22.7 Å². The molecule has 0 saturated heterocycles. The highest BCUT2D eigenvalue weighted by atomic mass is 16.5. The summed E-state index contributed by atoms with van der Waals surface area (Å²) in [5.41, 5.74) is 2.11. The minimum atomic E-state index is -0.722. The summed E-state index contributed by atoms with van der Waals surface area (Å²) in [6.45, 7) is -0.387. The number of ether oxygens (including phenoxy) is 2. The Bertz CT molecular complexity index is 1140. The predicted octanol–water partition coefficient (Wildman–Crippen LogP) is 3.40. The molecule has 0 amide bonds. The van der Waals surface area contributed by atoms with Gasteiger partial charge < -0.3 is 14.5 Å². The Hall–Kier alpha value is -3.87. The minimum absolute atomic E-state index is 0.0121. The number of fused-ring (bicyclic) bond motifs is 1. The molecule has 4 rings (SSSR count). The molecule has 4 aromatic rings. The average molecular weight is 375 g/mol. The van der Waals surface area contributed by atoms with Gasteiger partial charge in [-0.15, -0.1) is 0 Å². The predicted molar refractivity (Wildman–Crippen MR) is 103 cm³/mol. The van der Waals surface area contributed by atoms with Gasteiger partial charge in [-0.3, -0.25) is 4.79 Å². The lowest BCUT2D eigenvalue weighted by Crippen LogP contribution is -2.15. The van der Waals surface area contributed by atoms with Crippen LogP contribution in [0.15, 0.2) is 67.0 Å². The maximum atomic E-state index is 12.5. The van der Waals surface area contributed by atoms with Crippen LogP contribution < -0.4 is 4.74 Å². The number of para-hydroxylation sites is 2. The van der Waals surface area contributed by atoms with Crippen LogP contribution in [0.2, 0.25) is 0 Å². The van der Waals surface area contributed by atoms with Gasteiger partial charge in [-0.1, -0.05) is 36.4 Å². The Morgan fingerprint density at radius 3 is 2.61 bits per heavy atom. The molecule has 2 aromatic carbocycles. The molecule has 2 aromatic heterocycles. The fourth-order valence-electron chi connectivity index (χ4n) is 2.94. The minimum Gasteiger partial charge on any atom is -0.493 e. The molecular formula is C21H17N3O4. The van der Waals surface area contributed by atoms with Gasteiger partial charge in [-0.05, 0) is 18.2 Å². The lowest BCUT2D eigenvalue weighted by Gasteiger charge is -2.03. The van der Waals surface area contributed by atoms with Crippen LogP contribution in [0.4, 0.5) is 0 Å². The summed E-state index contributed by atoms with van der Waals surface area (Å²) in [6, 6.07) is 16.7. The molecule has 0 fully saturated rings. The van der Waals surface area contributed by atoms with Crippen LogP contribution in [0.25, 0.3) is 16.6 Å². The summed E-state index contributed by atoms with van der Waals surface area (Å²) in [4.78, 5) is 28.0. The van der Waals surface area contributed by atoms with E-state index in [2.05, 4.69) is 10.1 Å². The van der Waals surface area contributed by atoms with Gasteiger partial charge in [0.1, 0.15) is 0 Å². The standard InChI is InChI=1S/C21H17N3O4/c1-27-19-12-24(14-7-3-2-4-8-14)23-20(19)21(26)28-13-18(25)16-11-22-17-10-6-5-9-15(16)17/h2-12,22H,13H2,1H3. The number of H-pyrrole nitrogens is 1. The normalized spacial score (nSPS) is 10.8. The number of aromatic nitrogens is 3. The molecule has 2 heterocycles. The van der Waals surface area contributed by atoms with Gasteiger partial charge in [-0.2, -0.15) is 5.10 Å². The molecule has 140 valence electrons. The molecule has 1 N–H and O–H groups in total. The van der Waals surface area contributed by atoms with E-state index in [1.807, 2.05) is 54.6 Å². The van der Waals surface area contributed by atoms with E-state index in [4.69, 9.17) is 9.47 Å². The fraction of sp³-hybridized carbons (Fsp3) is 0.0952. The van der Waals surface area contributed by atoms with Crippen LogP contribution in [-0.2, 0) is 4.74 Å². The first-order valence-corrected chi connectivity index (χ1v) is 8.63. The van der Waals surface area contributed by atoms with Gasteiger partial charge in [0.2, 0.25) is 11.5 Å². The number of hydrogen-bond acceptors (Lipinski definition) is 5. The number of hydrogen-bond donors (Lipinski definition) is 1. The van der Waals surface area contributed by atoms with E-state index in [-0.39, 0.29) is 23.8 Å². The number of carbonyl (C=O) groups is 2. The van der Waals surface area contributed by atoms with E-state index in [9.17, 15) is 9.59 Å². The quantitative estimate of drug-likeness (QED) is 0.412. The van der Waals surface area contributed by atoms with E-state index < -0.39 is 5.97 Å². The highest BCUT2D eigenvalue weighted by Gasteiger charge is 2.22. The van der Waals surface area contributed by atoms with Crippen LogP contribution >= 0.6 is 0 Å². The summed E-state index contributed by atoms with van der Waals surface area (Å²) in [7, 11) is 1.44. The smallest absolute Gasteiger partial charge is 0.363 e. The van der Waals surface area contributed by atoms with Crippen molar-refractivity contribution in [2.24, 2.45) is 0 Å². The first-order valence-electron chi connectivity index (χ1n) is 8.63. The second-order valence-corrected chi connectivity index (χ2v) is 6.07. The van der Waals surface area contributed by atoms with Crippen molar-refractivity contribution in [1.29, 1.82) is 0 Å². The third-order valence-corrected chi connectivity index (χ3v) is 4.34. The second kappa shape index (κ2) is 7.40. The van der Waals surface area contributed by atoms with Crippen molar-refractivity contribution in [3.8, 4) is 11.4 Å². The van der Waals surface area contributed by atoms with Crippen LogP contribution in [0.3, 0.4) is 0 Å². The van der Waals surface area contributed by atoms with Crippen molar-refractivity contribution in [2.75, 3.05) is 13.7 Å². The van der Waals surface area contributed by atoms with E-state index in [1.165, 1.54) is 11.8 Å². The fourth-order valence-corrected chi connectivity index (χ4v) is 2.94. The van der Waals surface area contributed by atoms with Crippen molar-refractivity contribution in [1.82, 2.24) is 14.8 Å². The number of rotatable bonds is 6. The molecule has 7 heteroatoms. The average Bonchev–Trinajstić information content (AvgIpc) is 3.37. The topological polar surface area (TPSA) is 86.2 Å². The monoisotopic (exact) mass is 375 g/mol. The third-order valence-electron chi connectivity index (χ3n) is 4.34. The van der Waals surface area contributed by atoms with Gasteiger partial charge in [0.15, 0.2) is 12.4 Å². The molecule has 0 aliphatic heterocycles. The van der Waals surface area contributed by atoms with Crippen molar-refractivity contribution < 1.29 is 19.1 Å². The Morgan fingerprint density at radius 1 is 1.07 bits per heavy atom. The number of benzene rings is 2. The summed E-state index contributed by atoms with van der Waals surface area (Å²) < 4.78 is 12.0. The van der Waals surface area contributed by atoms with Crippen LogP contribution in [0.1, 0.15) is 20.8 Å². The summed E-state index contributed by atoms with van der Waals surface area (Å²) in [6.07, 6.45) is 3.21. The summed E-state index contributed by atoms with van der Waals surface area (Å²) >= 11 is 0. The Balaban J connectivity index is 1.51. The van der Waals surface area contributed by atoms with Crippen molar-refractivity contribution in [2.45, 2.75) is 0 Å². The number of methoxy groups -OCH3 is 1. The largest absolute Gasteiger partial charge is 0.493 e. The zero-order chi connectivity index (χ0) is 19.5. The van der Waals surface area contributed by atoms with Crippen molar-refractivity contribution in [3.05, 3.63) is 78.2 Å². The molecule has 28 heavy (non-hydrogen) atoms. The maximum Gasteiger partial charge on any atom is 0.363 e. The van der Waals surface area contributed by atoms with Crippen LogP contribution in [0, 0.1) is 0 Å². The highest BCUT2D eigenvalue weighted by Crippen LogP contribution is 2.21. The summed E-state index contributed by atoms with van der Waals surface area (Å²) in [5.74, 6) is -0.750. The lowest BCUT2D eigenvalue weighted by molar-refractivity contribution is 0.0465. The Morgan fingerprint density at radius 2 is 1.82 bits per heavy atom. The number of nitrogens with zero attached hydrogens (tertiary/aromatic N) is 2. The van der Waals surface area contributed by atoms with E-state index in [0.717, 1.165) is 16.6 Å². The molecule has 0 bridgehead atoms. The molecule has 0 unspecified atom stereocenters. The van der Waals surface area contributed by atoms with Crippen molar-refractivity contribution in [3.63, 3.8) is 0 Å². The van der Waals surface area contributed by atoms with Gasteiger partial charge in [0.25, 0.3) is 0 Å². The van der Waals surface area contributed by atoms with E-state index >= 15 is 0 Å². The molecule has 0 saturated carbocycles. The first-order chi connectivity index (χ1) is 13.7. The number of esters is 1. The van der Waals surface area contributed by atoms with Gasteiger partial charge >= 0.3 is 5.97 Å². The molecule has 7 nitrogen and oxygen atoms in total. The Labute approximate surface area is 160 Å². The van der Waals surface area contributed by atoms with E-state index in [1.54, 1.807) is 12.4 Å². The number of carbonyl (C=O) groups excluding carboxylic acids is 2. The van der Waals surface area contributed by atoms with Crippen molar-refractivity contribution >= 4 is 22.7 Å². The van der Waals surface area contributed by atoms with Gasteiger partial charge in [0.05, 0.1) is 19.0 Å².